The number of rotatable bonds is 6. The minimum absolute atomic E-state index is 0.00215. The molecule has 1 aliphatic heterocycles. The van der Waals surface area contributed by atoms with Gasteiger partial charge in [0.25, 0.3) is 0 Å². The van der Waals surface area contributed by atoms with E-state index in [2.05, 4.69) is 15.9 Å². The molecule has 0 spiro atoms. The molecule has 7 nitrogen and oxygen atoms in total. The Morgan fingerprint density at radius 3 is 2.84 bits per heavy atom. The summed E-state index contributed by atoms with van der Waals surface area (Å²) in [6, 6.07) is 7.12. The van der Waals surface area contributed by atoms with E-state index in [1.807, 2.05) is 6.07 Å². The molecule has 2 rings (SSSR count). The summed E-state index contributed by atoms with van der Waals surface area (Å²) >= 11 is 3.37. The monoisotopic (exact) mass is 408 g/mol. The number of nitrogens with two attached hydrogens (primary N) is 1. The summed E-state index contributed by atoms with van der Waals surface area (Å²) in [5, 5.41) is 8.52. The molecule has 8 heteroatoms. The predicted octanol–water partition coefficient (Wildman–Crippen LogP) is 2.51. The van der Waals surface area contributed by atoms with Gasteiger partial charge in [-0.1, -0.05) is 15.9 Å². The number of nitrogens with zero attached hydrogens (tertiary/aromatic N) is 1. The van der Waals surface area contributed by atoms with Crippen molar-refractivity contribution >= 4 is 27.9 Å². The summed E-state index contributed by atoms with van der Waals surface area (Å²) in [6.45, 7) is 1.84. The topological polar surface area (TPSA) is 112 Å². The molecular weight excluding hydrogens is 392 g/mol. The van der Waals surface area contributed by atoms with Crippen molar-refractivity contribution in [3.63, 3.8) is 0 Å². The van der Waals surface area contributed by atoms with E-state index in [-0.39, 0.29) is 37.5 Å². The van der Waals surface area contributed by atoms with Crippen LogP contribution >= 0.6 is 15.9 Å². The molecule has 0 amide bonds. The zero-order valence-electron chi connectivity index (χ0n) is 13.6. The number of esters is 2. The molecule has 1 aromatic carbocycles. The Morgan fingerprint density at radius 1 is 1.40 bits per heavy atom. The molecule has 132 valence electrons. The third-order valence-electron chi connectivity index (χ3n) is 3.52. The number of ether oxygens (including phenoxy) is 3. The number of fused-ring (bicyclic) bond motifs is 1. The van der Waals surface area contributed by atoms with Crippen molar-refractivity contribution < 1.29 is 23.8 Å². The molecule has 0 saturated heterocycles. The first kappa shape index (κ1) is 18.8. The quantitative estimate of drug-likeness (QED) is 0.568. The Morgan fingerprint density at radius 2 is 2.16 bits per heavy atom. The second-order valence-corrected chi connectivity index (χ2v) is 6.08. The average Bonchev–Trinajstić information content (AvgIpc) is 2.56. The Kier molecular flexibility index (Phi) is 6.42. The molecule has 0 radical (unpaired) electrons. The van der Waals surface area contributed by atoms with Gasteiger partial charge < -0.3 is 19.9 Å². The summed E-state index contributed by atoms with van der Waals surface area (Å²) in [5.41, 5.74) is 6.62. The molecule has 0 aromatic heterocycles. The maximum atomic E-state index is 12.3. The maximum absolute atomic E-state index is 12.3. The highest BCUT2D eigenvalue weighted by Crippen LogP contribution is 2.42. The van der Waals surface area contributed by atoms with Crippen molar-refractivity contribution in [2.45, 2.75) is 25.7 Å². The maximum Gasteiger partial charge on any atom is 0.340 e. The lowest BCUT2D eigenvalue weighted by molar-refractivity contribution is -0.144. The first-order valence-electron chi connectivity index (χ1n) is 7.64. The van der Waals surface area contributed by atoms with E-state index < -0.39 is 17.9 Å². The number of carbonyl (C=O) groups is 2. The Labute approximate surface area is 153 Å². The number of benzene rings is 1. The first-order chi connectivity index (χ1) is 12.0. The van der Waals surface area contributed by atoms with E-state index in [1.165, 1.54) is 0 Å². The number of nitriles is 1. The summed E-state index contributed by atoms with van der Waals surface area (Å²) in [5.74, 6) is -1.47. The molecule has 1 aromatic rings. The van der Waals surface area contributed by atoms with Crippen LogP contribution in [0.15, 0.2) is 34.1 Å². The minimum atomic E-state index is -0.658. The van der Waals surface area contributed by atoms with Crippen molar-refractivity contribution in [3.05, 3.63) is 39.7 Å². The van der Waals surface area contributed by atoms with Gasteiger partial charge in [-0.05, 0) is 25.1 Å². The van der Waals surface area contributed by atoms with Gasteiger partial charge in [0.15, 0.2) is 0 Å². The third kappa shape index (κ3) is 4.51. The Balaban J connectivity index is 2.35. The lowest BCUT2D eigenvalue weighted by Crippen LogP contribution is -2.28. The van der Waals surface area contributed by atoms with Crippen LogP contribution in [0.1, 0.15) is 31.2 Å². The Bertz CT molecular complexity index is 754. The number of hydrogen-bond donors (Lipinski definition) is 1. The van der Waals surface area contributed by atoms with Gasteiger partial charge in [-0.2, -0.15) is 5.26 Å². The third-order valence-corrected chi connectivity index (χ3v) is 4.02. The molecule has 0 aliphatic carbocycles. The van der Waals surface area contributed by atoms with Crippen LogP contribution in [-0.2, 0) is 19.1 Å². The van der Waals surface area contributed by atoms with Crippen LogP contribution in [0.3, 0.4) is 0 Å². The highest BCUT2D eigenvalue weighted by atomic mass is 79.9. The minimum Gasteiger partial charge on any atom is -0.465 e. The van der Waals surface area contributed by atoms with Crippen molar-refractivity contribution in [1.82, 2.24) is 0 Å². The molecule has 0 fully saturated rings. The Hall–Kier alpha value is -2.53. The van der Waals surface area contributed by atoms with E-state index in [1.54, 1.807) is 25.1 Å². The normalized spacial score (nSPS) is 15.6. The molecule has 2 N–H and O–H groups in total. The summed E-state index contributed by atoms with van der Waals surface area (Å²) < 4.78 is 16.4. The van der Waals surface area contributed by atoms with Gasteiger partial charge in [-0.25, -0.2) is 4.79 Å². The zero-order valence-corrected chi connectivity index (χ0v) is 15.2. The molecule has 0 saturated carbocycles. The van der Waals surface area contributed by atoms with Gasteiger partial charge in [-0.15, -0.1) is 0 Å². The SMILES string of the molecule is CCOC(=O)C1=C(N)Oc2ccc(Br)cc2C1CC(=O)OCCC#N. The second-order valence-electron chi connectivity index (χ2n) is 5.17. The van der Waals surface area contributed by atoms with E-state index in [9.17, 15) is 9.59 Å². The van der Waals surface area contributed by atoms with Crippen LogP contribution in [0, 0.1) is 11.3 Å². The zero-order chi connectivity index (χ0) is 18.4. The summed E-state index contributed by atoms with van der Waals surface area (Å²) in [6.07, 6.45) is -0.0164. The standard InChI is InChI=1S/C17H17BrN2O5/c1-2-23-17(22)15-12(9-14(21)24-7-3-6-19)11-8-10(18)4-5-13(11)25-16(15)20/h4-5,8,12H,2-3,7,9,20H2,1H3. The smallest absolute Gasteiger partial charge is 0.340 e. The molecule has 1 unspecified atom stereocenters. The fourth-order valence-electron chi connectivity index (χ4n) is 2.49. The van der Waals surface area contributed by atoms with Gasteiger partial charge in [0.05, 0.1) is 25.5 Å². The predicted molar refractivity (Wildman–Crippen MR) is 91.2 cm³/mol. The summed E-state index contributed by atoms with van der Waals surface area (Å²) in [7, 11) is 0. The fraction of sp³-hybridized carbons (Fsp3) is 0.353. The number of hydrogen-bond acceptors (Lipinski definition) is 7. The van der Waals surface area contributed by atoms with Crippen LogP contribution < -0.4 is 10.5 Å². The van der Waals surface area contributed by atoms with E-state index in [4.69, 9.17) is 25.2 Å². The van der Waals surface area contributed by atoms with E-state index in [0.717, 1.165) is 4.47 Å². The van der Waals surface area contributed by atoms with Gasteiger partial charge in [0.2, 0.25) is 5.88 Å². The van der Waals surface area contributed by atoms with Gasteiger partial charge >= 0.3 is 11.9 Å². The van der Waals surface area contributed by atoms with E-state index in [0.29, 0.717) is 11.3 Å². The van der Waals surface area contributed by atoms with Crippen LogP contribution in [-0.4, -0.2) is 25.2 Å². The van der Waals surface area contributed by atoms with Gasteiger partial charge in [-0.3, -0.25) is 4.79 Å². The number of carbonyl (C=O) groups excluding carboxylic acids is 2. The van der Waals surface area contributed by atoms with Crippen LogP contribution in [0.5, 0.6) is 5.75 Å². The van der Waals surface area contributed by atoms with Crippen molar-refractivity contribution in [1.29, 1.82) is 5.26 Å². The molecule has 25 heavy (non-hydrogen) atoms. The molecular formula is C17H17BrN2O5. The highest BCUT2D eigenvalue weighted by molar-refractivity contribution is 9.10. The average molecular weight is 409 g/mol. The van der Waals surface area contributed by atoms with Gasteiger partial charge in [0, 0.05) is 16.0 Å². The van der Waals surface area contributed by atoms with Crippen molar-refractivity contribution in [3.8, 4) is 11.8 Å². The van der Waals surface area contributed by atoms with Crippen LogP contribution in [0.25, 0.3) is 0 Å². The fourth-order valence-corrected chi connectivity index (χ4v) is 2.86. The molecule has 1 heterocycles. The van der Waals surface area contributed by atoms with E-state index >= 15 is 0 Å². The number of halogens is 1. The largest absolute Gasteiger partial charge is 0.465 e. The van der Waals surface area contributed by atoms with Crippen LogP contribution in [0.4, 0.5) is 0 Å². The van der Waals surface area contributed by atoms with Crippen LogP contribution in [0.2, 0.25) is 0 Å². The van der Waals surface area contributed by atoms with Crippen molar-refractivity contribution in [2.24, 2.45) is 5.73 Å². The first-order valence-corrected chi connectivity index (χ1v) is 8.43. The molecule has 1 atom stereocenters. The van der Waals surface area contributed by atoms with Crippen molar-refractivity contribution in [2.75, 3.05) is 13.2 Å². The summed E-state index contributed by atoms with van der Waals surface area (Å²) in [4.78, 5) is 24.4. The molecule has 1 aliphatic rings. The highest BCUT2D eigenvalue weighted by Gasteiger charge is 2.36. The lowest BCUT2D eigenvalue weighted by Gasteiger charge is -2.27. The lowest BCUT2D eigenvalue weighted by atomic mass is 9.86. The second kappa shape index (κ2) is 8.53. The molecule has 0 bridgehead atoms. The van der Waals surface area contributed by atoms with Gasteiger partial charge in [0.1, 0.15) is 17.9 Å².